The molecule has 0 heterocycles. The minimum absolute atomic E-state index is 0.877. The molecule has 0 aromatic heterocycles. The van der Waals surface area contributed by atoms with Crippen LogP contribution in [-0.2, 0) is 13.0 Å². The van der Waals surface area contributed by atoms with Crippen molar-refractivity contribution in [2.45, 2.75) is 26.8 Å². The first-order chi connectivity index (χ1) is 14.6. The first-order valence-corrected chi connectivity index (χ1v) is 10.5. The van der Waals surface area contributed by atoms with Gasteiger partial charge in [0, 0.05) is 18.8 Å². The molecule has 0 aliphatic rings. The van der Waals surface area contributed by atoms with E-state index in [-0.39, 0.29) is 0 Å². The van der Waals surface area contributed by atoms with Crippen LogP contribution in [0.4, 0.5) is 5.69 Å². The van der Waals surface area contributed by atoms with Crippen molar-refractivity contribution in [1.29, 1.82) is 0 Å². The van der Waals surface area contributed by atoms with Gasteiger partial charge in [-0.05, 0) is 56.1 Å². The number of benzene rings is 3. The SMILES string of the molecule is C/C=C(\N=C(C)Nc1ccc(CCN(C)Cc2ccccc2)cc1)c1ccccc1. The van der Waals surface area contributed by atoms with Gasteiger partial charge in [0.1, 0.15) is 5.84 Å². The van der Waals surface area contributed by atoms with Crippen LogP contribution >= 0.6 is 0 Å². The lowest BCUT2D eigenvalue weighted by atomic mass is 10.1. The number of rotatable bonds is 8. The zero-order valence-corrected chi connectivity index (χ0v) is 18.2. The third kappa shape index (κ3) is 6.71. The summed E-state index contributed by atoms with van der Waals surface area (Å²) in [5.74, 6) is 0.877. The Balaban J connectivity index is 1.52. The van der Waals surface area contributed by atoms with Gasteiger partial charge in [0.25, 0.3) is 0 Å². The fraction of sp³-hybridized carbons (Fsp3) is 0.222. The number of likely N-dealkylation sites (N-methyl/N-ethyl adjacent to an activating group) is 1. The van der Waals surface area contributed by atoms with Gasteiger partial charge in [-0.15, -0.1) is 0 Å². The highest BCUT2D eigenvalue weighted by molar-refractivity contribution is 5.97. The second kappa shape index (κ2) is 11.1. The Morgan fingerprint density at radius 2 is 1.50 bits per heavy atom. The van der Waals surface area contributed by atoms with Crippen molar-refractivity contribution in [3.63, 3.8) is 0 Å². The fourth-order valence-electron chi connectivity index (χ4n) is 3.37. The van der Waals surface area contributed by atoms with Crippen molar-refractivity contribution < 1.29 is 0 Å². The second-order valence-electron chi connectivity index (χ2n) is 7.53. The van der Waals surface area contributed by atoms with Crippen LogP contribution in [0.15, 0.2) is 96.0 Å². The number of nitrogens with one attached hydrogen (secondary N) is 1. The van der Waals surface area contributed by atoms with Crippen LogP contribution in [0.3, 0.4) is 0 Å². The largest absolute Gasteiger partial charge is 0.344 e. The molecule has 0 saturated heterocycles. The molecule has 0 saturated carbocycles. The van der Waals surface area contributed by atoms with E-state index in [1.165, 1.54) is 11.1 Å². The van der Waals surface area contributed by atoms with Crippen LogP contribution in [0.2, 0.25) is 0 Å². The van der Waals surface area contributed by atoms with Crippen molar-refractivity contribution in [2.75, 3.05) is 18.9 Å². The Kier molecular flexibility index (Phi) is 7.99. The van der Waals surface area contributed by atoms with Crippen molar-refractivity contribution in [1.82, 2.24) is 4.90 Å². The molecule has 0 radical (unpaired) electrons. The topological polar surface area (TPSA) is 27.6 Å². The number of aliphatic imine (C=N–C) groups is 1. The summed E-state index contributed by atoms with van der Waals surface area (Å²) >= 11 is 0. The molecule has 3 aromatic rings. The number of hydrogen-bond donors (Lipinski definition) is 1. The van der Waals surface area contributed by atoms with Crippen molar-refractivity contribution in [2.24, 2.45) is 4.99 Å². The average Bonchev–Trinajstić information content (AvgIpc) is 2.78. The van der Waals surface area contributed by atoms with Crippen LogP contribution in [-0.4, -0.2) is 24.3 Å². The average molecular weight is 398 g/mol. The normalized spacial score (nSPS) is 12.3. The van der Waals surface area contributed by atoms with Crippen LogP contribution in [0.5, 0.6) is 0 Å². The van der Waals surface area contributed by atoms with Gasteiger partial charge in [-0.3, -0.25) is 0 Å². The van der Waals surface area contributed by atoms with Crippen LogP contribution in [0.25, 0.3) is 5.70 Å². The third-order valence-electron chi connectivity index (χ3n) is 4.99. The molecule has 0 spiro atoms. The second-order valence-corrected chi connectivity index (χ2v) is 7.53. The van der Waals surface area contributed by atoms with Gasteiger partial charge in [0.15, 0.2) is 0 Å². The number of amidine groups is 1. The van der Waals surface area contributed by atoms with E-state index in [0.717, 1.165) is 42.3 Å². The number of nitrogens with zero attached hydrogens (tertiary/aromatic N) is 2. The lowest BCUT2D eigenvalue weighted by Gasteiger charge is -2.17. The third-order valence-corrected chi connectivity index (χ3v) is 4.99. The van der Waals surface area contributed by atoms with E-state index in [0.29, 0.717) is 0 Å². The van der Waals surface area contributed by atoms with E-state index in [2.05, 4.69) is 84.0 Å². The zero-order chi connectivity index (χ0) is 21.2. The minimum Gasteiger partial charge on any atom is -0.344 e. The molecular weight excluding hydrogens is 366 g/mol. The highest BCUT2D eigenvalue weighted by atomic mass is 15.1. The van der Waals surface area contributed by atoms with E-state index in [9.17, 15) is 0 Å². The van der Waals surface area contributed by atoms with Crippen molar-refractivity contribution in [3.8, 4) is 0 Å². The molecule has 0 unspecified atom stereocenters. The number of allylic oxidation sites excluding steroid dienone is 1. The van der Waals surface area contributed by atoms with E-state index in [4.69, 9.17) is 4.99 Å². The van der Waals surface area contributed by atoms with E-state index < -0.39 is 0 Å². The van der Waals surface area contributed by atoms with E-state index >= 15 is 0 Å². The van der Waals surface area contributed by atoms with Gasteiger partial charge < -0.3 is 10.2 Å². The molecule has 3 rings (SSSR count). The predicted molar refractivity (Wildman–Crippen MR) is 130 cm³/mol. The molecule has 1 N–H and O–H groups in total. The van der Waals surface area contributed by atoms with Gasteiger partial charge in [-0.2, -0.15) is 0 Å². The molecule has 0 fully saturated rings. The summed E-state index contributed by atoms with van der Waals surface area (Å²) in [6.07, 6.45) is 3.07. The van der Waals surface area contributed by atoms with E-state index in [1.54, 1.807) is 0 Å². The molecule has 0 aliphatic carbocycles. The molecule has 3 nitrogen and oxygen atoms in total. The highest BCUT2D eigenvalue weighted by Crippen LogP contribution is 2.17. The monoisotopic (exact) mass is 397 g/mol. The standard InChI is InChI=1S/C27H31N3/c1-4-27(25-13-9-6-10-14-25)29-22(2)28-26-17-15-23(16-18-26)19-20-30(3)21-24-11-7-5-8-12-24/h4-18H,19-21H2,1-3H3,(H,28,29)/b27-4-. The van der Waals surface area contributed by atoms with E-state index in [1.807, 2.05) is 38.1 Å². The molecule has 0 amide bonds. The van der Waals surface area contributed by atoms with Crippen LogP contribution in [0.1, 0.15) is 30.5 Å². The Morgan fingerprint density at radius 3 is 2.13 bits per heavy atom. The highest BCUT2D eigenvalue weighted by Gasteiger charge is 2.03. The molecule has 0 atom stereocenters. The summed E-state index contributed by atoms with van der Waals surface area (Å²) in [4.78, 5) is 7.10. The van der Waals surface area contributed by atoms with Gasteiger partial charge >= 0.3 is 0 Å². The minimum atomic E-state index is 0.877. The summed E-state index contributed by atoms with van der Waals surface area (Å²) in [6, 6.07) is 29.5. The molecular formula is C27H31N3. The maximum absolute atomic E-state index is 4.74. The molecule has 0 aliphatic heterocycles. The van der Waals surface area contributed by atoms with Gasteiger partial charge in [-0.25, -0.2) is 4.99 Å². The maximum atomic E-state index is 4.74. The lowest BCUT2D eigenvalue weighted by Crippen LogP contribution is -2.20. The first-order valence-electron chi connectivity index (χ1n) is 10.5. The summed E-state index contributed by atoms with van der Waals surface area (Å²) < 4.78 is 0. The predicted octanol–water partition coefficient (Wildman–Crippen LogP) is 6.25. The fourth-order valence-corrected chi connectivity index (χ4v) is 3.37. The Labute approximate surface area is 180 Å². The van der Waals surface area contributed by atoms with Gasteiger partial charge in [0.05, 0.1) is 5.70 Å². The lowest BCUT2D eigenvalue weighted by molar-refractivity contribution is 0.331. The van der Waals surface area contributed by atoms with Crippen molar-refractivity contribution >= 4 is 17.2 Å². The van der Waals surface area contributed by atoms with Gasteiger partial charge in [-0.1, -0.05) is 78.9 Å². The van der Waals surface area contributed by atoms with Crippen molar-refractivity contribution in [3.05, 3.63) is 108 Å². The molecule has 154 valence electrons. The Hall–Kier alpha value is -3.17. The molecule has 30 heavy (non-hydrogen) atoms. The number of hydrogen-bond acceptors (Lipinski definition) is 2. The summed E-state index contributed by atoms with van der Waals surface area (Å²) in [7, 11) is 2.17. The van der Waals surface area contributed by atoms with Crippen LogP contribution < -0.4 is 5.32 Å². The molecule has 3 aromatic carbocycles. The van der Waals surface area contributed by atoms with Crippen LogP contribution in [0, 0.1) is 0 Å². The quantitative estimate of drug-likeness (QED) is 0.359. The molecule has 0 bridgehead atoms. The molecule has 3 heteroatoms. The first kappa shape index (κ1) is 21.5. The summed E-state index contributed by atoms with van der Waals surface area (Å²) in [6.45, 7) is 6.02. The smallest absolute Gasteiger partial charge is 0.103 e. The maximum Gasteiger partial charge on any atom is 0.103 e. The zero-order valence-electron chi connectivity index (χ0n) is 18.2. The van der Waals surface area contributed by atoms with Gasteiger partial charge in [0.2, 0.25) is 0 Å². The summed E-state index contributed by atoms with van der Waals surface area (Å²) in [5, 5.41) is 3.40. The summed E-state index contributed by atoms with van der Waals surface area (Å²) in [5.41, 5.74) is 5.84. The Bertz CT molecular complexity index is 958. The Morgan fingerprint density at radius 1 is 0.867 bits per heavy atom. The number of anilines is 1.